The normalized spacial score (nSPS) is 11.6. The lowest BCUT2D eigenvalue weighted by atomic mass is 10.0. The van der Waals surface area contributed by atoms with Crippen LogP contribution in [-0.4, -0.2) is 26.8 Å². The lowest BCUT2D eigenvalue weighted by Crippen LogP contribution is -2.39. The Hall–Kier alpha value is -1.76. The van der Waals surface area contributed by atoms with Gasteiger partial charge in [-0.2, -0.15) is 0 Å². The molecule has 0 bridgehead atoms. The van der Waals surface area contributed by atoms with E-state index >= 15 is 0 Å². The van der Waals surface area contributed by atoms with Crippen molar-refractivity contribution in [3.05, 3.63) is 20.8 Å². The van der Waals surface area contributed by atoms with E-state index in [-0.39, 0.29) is 18.1 Å². The van der Waals surface area contributed by atoms with Gasteiger partial charge in [0.2, 0.25) is 0 Å². The molecule has 1 aromatic rings. The maximum atomic E-state index is 11.9. The number of aromatic nitrogens is 2. The summed E-state index contributed by atoms with van der Waals surface area (Å²) in [5, 5.41) is 12.0. The lowest BCUT2D eigenvalue weighted by molar-refractivity contribution is 0.260. The Morgan fingerprint density at radius 1 is 1.40 bits per heavy atom. The fourth-order valence-corrected chi connectivity index (χ4v) is 1.93. The second-order valence-corrected chi connectivity index (χ2v) is 5.51. The first-order valence-corrected chi connectivity index (χ1v) is 6.84. The number of aliphatic hydroxyl groups is 1. The minimum Gasteiger partial charge on any atom is -0.396 e. The third-order valence-corrected chi connectivity index (χ3v) is 3.18. The number of nitrogen functional groups attached to an aromatic ring is 1. The molecule has 0 unspecified atom stereocenters. The van der Waals surface area contributed by atoms with Crippen LogP contribution in [0.2, 0.25) is 0 Å². The summed E-state index contributed by atoms with van der Waals surface area (Å²) in [6.45, 7) is 6.17. The molecule has 0 saturated heterocycles. The molecule has 20 heavy (non-hydrogen) atoms. The van der Waals surface area contributed by atoms with Gasteiger partial charge in [-0.15, -0.1) is 0 Å². The molecule has 0 radical (unpaired) electrons. The fraction of sp³-hybridized carbons (Fsp3) is 0.692. The van der Waals surface area contributed by atoms with E-state index in [1.807, 2.05) is 20.8 Å². The second kappa shape index (κ2) is 6.60. The zero-order chi connectivity index (χ0) is 15.3. The van der Waals surface area contributed by atoms with Gasteiger partial charge in [0, 0.05) is 18.7 Å². The van der Waals surface area contributed by atoms with E-state index in [1.54, 1.807) is 0 Å². The van der Waals surface area contributed by atoms with Gasteiger partial charge in [0.25, 0.3) is 5.56 Å². The van der Waals surface area contributed by atoms with E-state index < -0.39 is 16.8 Å². The summed E-state index contributed by atoms with van der Waals surface area (Å²) in [6, 6.07) is 0. The van der Waals surface area contributed by atoms with Crippen molar-refractivity contribution in [2.75, 3.05) is 17.7 Å². The first-order valence-electron chi connectivity index (χ1n) is 6.84. The van der Waals surface area contributed by atoms with Crippen molar-refractivity contribution >= 4 is 11.5 Å². The number of unbranched alkanes of at least 4 members (excludes halogenated alkanes) is 1. The van der Waals surface area contributed by atoms with Crippen molar-refractivity contribution < 1.29 is 5.11 Å². The number of hydrogen-bond acceptors (Lipinski definition) is 5. The Labute approximate surface area is 117 Å². The second-order valence-electron chi connectivity index (χ2n) is 5.51. The minimum atomic E-state index is -0.536. The maximum Gasteiger partial charge on any atom is 0.330 e. The maximum absolute atomic E-state index is 11.9. The molecule has 7 nitrogen and oxygen atoms in total. The Morgan fingerprint density at radius 3 is 2.60 bits per heavy atom. The molecule has 0 saturated carbocycles. The first-order chi connectivity index (χ1) is 9.32. The highest BCUT2D eigenvalue weighted by atomic mass is 16.3. The van der Waals surface area contributed by atoms with E-state index in [0.29, 0.717) is 13.0 Å². The number of nitrogens with one attached hydrogen (secondary N) is 2. The number of rotatable bonds is 7. The van der Waals surface area contributed by atoms with E-state index in [1.165, 1.54) is 4.57 Å². The van der Waals surface area contributed by atoms with Crippen molar-refractivity contribution in [3.8, 4) is 0 Å². The van der Waals surface area contributed by atoms with Crippen molar-refractivity contribution in [2.45, 2.75) is 52.1 Å². The summed E-state index contributed by atoms with van der Waals surface area (Å²) in [5.74, 6) is 0.137. The van der Waals surface area contributed by atoms with Crippen molar-refractivity contribution in [3.63, 3.8) is 0 Å². The third kappa shape index (κ3) is 3.86. The molecule has 1 rings (SSSR count). The number of nitrogens with zero attached hydrogens (tertiary/aromatic N) is 1. The topological polar surface area (TPSA) is 113 Å². The summed E-state index contributed by atoms with van der Waals surface area (Å²) < 4.78 is 1.36. The van der Waals surface area contributed by atoms with Gasteiger partial charge in [-0.25, -0.2) is 4.79 Å². The van der Waals surface area contributed by atoms with Gasteiger partial charge in [-0.3, -0.25) is 14.3 Å². The number of aromatic amines is 1. The van der Waals surface area contributed by atoms with Crippen LogP contribution in [0.1, 0.15) is 40.0 Å². The summed E-state index contributed by atoms with van der Waals surface area (Å²) in [4.78, 5) is 25.9. The van der Waals surface area contributed by atoms with Crippen LogP contribution < -0.4 is 22.3 Å². The van der Waals surface area contributed by atoms with Gasteiger partial charge in [-0.05, 0) is 26.7 Å². The van der Waals surface area contributed by atoms with E-state index in [0.717, 1.165) is 12.8 Å². The molecular weight excluding hydrogens is 260 g/mol. The number of H-pyrrole nitrogens is 1. The summed E-state index contributed by atoms with van der Waals surface area (Å²) in [7, 11) is 0. The highest BCUT2D eigenvalue weighted by molar-refractivity contribution is 5.61. The average Bonchev–Trinajstić information content (AvgIpc) is 2.34. The predicted octanol–water partition coefficient (Wildman–Crippen LogP) is 0.492. The molecule has 1 heterocycles. The Bertz CT molecular complexity index is 560. The molecule has 5 N–H and O–H groups in total. The van der Waals surface area contributed by atoms with Crippen LogP contribution in [0.25, 0.3) is 0 Å². The van der Waals surface area contributed by atoms with Gasteiger partial charge in [0.1, 0.15) is 11.5 Å². The van der Waals surface area contributed by atoms with Gasteiger partial charge < -0.3 is 16.2 Å². The Morgan fingerprint density at radius 2 is 2.05 bits per heavy atom. The van der Waals surface area contributed by atoms with E-state index in [2.05, 4.69) is 10.3 Å². The van der Waals surface area contributed by atoms with E-state index in [4.69, 9.17) is 10.8 Å². The molecule has 0 aliphatic rings. The number of anilines is 2. The standard InChI is InChI=1S/C13H24N4O3/c1-4-5-7-17-10(14)9(11(19)15-12(17)20)16-13(2,3)6-8-18/h16,18H,4-8,14H2,1-3H3,(H,15,19,20). The summed E-state index contributed by atoms with van der Waals surface area (Å²) in [5.41, 5.74) is 4.60. The van der Waals surface area contributed by atoms with Gasteiger partial charge in [0.05, 0.1) is 0 Å². The number of nitrogens with two attached hydrogens (primary N) is 1. The van der Waals surface area contributed by atoms with Crippen LogP contribution in [0.15, 0.2) is 9.59 Å². The van der Waals surface area contributed by atoms with E-state index in [9.17, 15) is 9.59 Å². The quantitative estimate of drug-likeness (QED) is 0.582. The van der Waals surface area contributed by atoms with Gasteiger partial charge in [0.15, 0.2) is 0 Å². The zero-order valence-electron chi connectivity index (χ0n) is 12.3. The van der Waals surface area contributed by atoms with Crippen molar-refractivity contribution in [2.24, 2.45) is 0 Å². The molecule has 0 fully saturated rings. The van der Waals surface area contributed by atoms with Crippen LogP contribution in [-0.2, 0) is 6.54 Å². The Kier molecular flexibility index (Phi) is 5.38. The smallest absolute Gasteiger partial charge is 0.330 e. The van der Waals surface area contributed by atoms with Gasteiger partial charge >= 0.3 is 5.69 Å². The summed E-state index contributed by atoms with van der Waals surface area (Å²) >= 11 is 0. The monoisotopic (exact) mass is 284 g/mol. The molecule has 0 amide bonds. The fourth-order valence-electron chi connectivity index (χ4n) is 1.93. The van der Waals surface area contributed by atoms with Crippen LogP contribution in [0, 0.1) is 0 Å². The van der Waals surface area contributed by atoms with Crippen molar-refractivity contribution in [1.82, 2.24) is 9.55 Å². The van der Waals surface area contributed by atoms with Crippen molar-refractivity contribution in [1.29, 1.82) is 0 Å². The molecule has 7 heteroatoms. The number of hydrogen-bond donors (Lipinski definition) is 4. The van der Waals surface area contributed by atoms with Crippen LogP contribution in [0.3, 0.4) is 0 Å². The summed E-state index contributed by atoms with van der Waals surface area (Å²) in [6.07, 6.45) is 2.18. The molecule has 0 aromatic carbocycles. The molecular formula is C13H24N4O3. The largest absolute Gasteiger partial charge is 0.396 e. The molecule has 1 aromatic heterocycles. The average molecular weight is 284 g/mol. The first kappa shape index (κ1) is 16.3. The third-order valence-electron chi connectivity index (χ3n) is 3.18. The molecule has 0 spiro atoms. The highest BCUT2D eigenvalue weighted by Gasteiger charge is 2.21. The minimum absolute atomic E-state index is 0.00666. The highest BCUT2D eigenvalue weighted by Crippen LogP contribution is 2.19. The molecule has 114 valence electrons. The van der Waals surface area contributed by atoms with Crippen LogP contribution >= 0.6 is 0 Å². The molecule has 0 atom stereocenters. The molecule has 0 aliphatic carbocycles. The van der Waals surface area contributed by atoms with Gasteiger partial charge in [-0.1, -0.05) is 13.3 Å². The van der Waals surface area contributed by atoms with Crippen LogP contribution in [0.5, 0.6) is 0 Å². The predicted molar refractivity (Wildman–Crippen MR) is 80.0 cm³/mol. The molecule has 0 aliphatic heterocycles. The zero-order valence-corrected chi connectivity index (χ0v) is 12.3. The lowest BCUT2D eigenvalue weighted by Gasteiger charge is -2.27. The van der Waals surface area contributed by atoms with Crippen LogP contribution in [0.4, 0.5) is 11.5 Å². The number of aliphatic hydroxyl groups excluding tert-OH is 1. The SMILES string of the molecule is CCCCn1c(N)c(NC(C)(C)CCO)c(=O)[nH]c1=O. The Balaban J connectivity index is 3.20.